The molecule has 0 radical (unpaired) electrons. The normalized spacial score (nSPS) is 13.2. The molecule has 1 atom stereocenters. The fraction of sp³-hybridized carbons (Fsp3) is 0.600. The largest absolute Gasteiger partial charge is 0.326 e. The van der Waals surface area contributed by atoms with Gasteiger partial charge in [0.2, 0.25) is 5.91 Å². The number of nitrogens with zero attached hydrogens (tertiary/aromatic N) is 1. The number of pyridine rings is 1. The molecule has 1 amide bonds. The topological polar surface area (TPSA) is 42.0 Å². The Hall–Kier alpha value is -1.38. The van der Waals surface area contributed by atoms with Gasteiger partial charge in [-0.3, -0.25) is 9.78 Å². The Bertz CT molecular complexity index is 407. The first-order valence-electron chi connectivity index (χ1n) is 6.48. The Balaban J connectivity index is 2.50. The summed E-state index contributed by atoms with van der Waals surface area (Å²) in [4.78, 5) is 15.9. The number of rotatable bonds is 4. The van der Waals surface area contributed by atoms with Crippen LogP contribution in [0.3, 0.4) is 0 Å². The zero-order chi connectivity index (χ0) is 13.8. The summed E-state index contributed by atoms with van der Waals surface area (Å²) in [5.41, 5.74) is 2.12. The number of carbonyl (C=O) groups is 1. The van der Waals surface area contributed by atoms with Crippen molar-refractivity contribution < 1.29 is 4.79 Å². The highest BCUT2D eigenvalue weighted by Gasteiger charge is 2.17. The summed E-state index contributed by atoms with van der Waals surface area (Å²) in [7, 11) is 0. The van der Waals surface area contributed by atoms with Crippen molar-refractivity contribution in [1.29, 1.82) is 0 Å². The summed E-state index contributed by atoms with van der Waals surface area (Å²) in [5, 5.41) is 2.95. The second kappa shape index (κ2) is 5.98. The van der Waals surface area contributed by atoms with E-state index >= 15 is 0 Å². The highest BCUT2D eigenvalue weighted by atomic mass is 16.1. The summed E-state index contributed by atoms with van der Waals surface area (Å²) in [6.07, 6.45) is 5.07. The van der Waals surface area contributed by atoms with Crippen LogP contribution in [0.5, 0.6) is 0 Å². The Labute approximate surface area is 110 Å². The molecule has 0 aliphatic carbocycles. The first-order valence-corrected chi connectivity index (χ1v) is 6.48. The maximum Gasteiger partial charge on any atom is 0.224 e. The Kier molecular flexibility index (Phi) is 4.88. The smallest absolute Gasteiger partial charge is 0.224 e. The highest BCUT2D eigenvalue weighted by molar-refractivity contribution is 5.91. The Morgan fingerprint density at radius 3 is 2.67 bits per heavy atom. The fourth-order valence-electron chi connectivity index (χ4n) is 2.25. The SMILES string of the molecule is Cc1cnccc1NC(=O)CC(C)CC(C)(C)C. The molecule has 1 N–H and O–H groups in total. The van der Waals surface area contributed by atoms with Crippen molar-refractivity contribution in [1.82, 2.24) is 4.98 Å². The lowest BCUT2D eigenvalue weighted by Crippen LogP contribution is -2.19. The highest BCUT2D eigenvalue weighted by Crippen LogP contribution is 2.26. The van der Waals surface area contributed by atoms with Crippen LogP contribution in [0, 0.1) is 18.3 Å². The summed E-state index contributed by atoms with van der Waals surface area (Å²) >= 11 is 0. The van der Waals surface area contributed by atoms with Gasteiger partial charge in [-0.15, -0.1) is 0 Å². The zero-order valence-electron chi connectivity index (χ0n) is 12.1. The fourth-order valence-corrected chi connectivity index (χ4v) is 2.25. The molecular formula is C15H24N2O. The predicted octanol–water partition coefficient (Wildman–Crippen LogP) is 3.79. The van der Waals surface area contributed by atoms with Gasteiger partial charge >= 0.3 is 0 Å². The average molecular weight is 248 g/mol. The lowest BCUT2D eigenvalue weighted by molar-refractivity contribution is -0.117. The van der Waals surface area contributed by atoms with Crippen molar-refractivity contribution in [3.05, 3.63) is 24.0 Å². The number of aromatic nitrogens is 1. The number of hydrogen-bond donors (Lipinski definition) is 1. The first kappa shape index (κ1) is 14.7. The molecular weight excluding hydrogens is 224 g/mol. The van der Waals surface area contributed by atoms with Gasteiger partial charge in [0.25, 0.3) is 0 Å². The van der Waals surface area contributed by atoms with Gasteiger partial charge in [-0.05, 0) is 36.3 Å². The van der Waals surface area contributed by atoms with E-state index in [-0.39, 0.29) is 11.3 Å². The molecule has 0 saturated carbocycles. The van der Waals surface area contributed by atoms with Crippen LogP contribution in [0.15, 0.2) is 18.5 Å². The molecule has 1 rings (SSSR count). The van der Waals surface area contributed by atoms with Crippen LogP contribution < -0.4 is 5.32 Å². The Morgan fingerprint density at radius 2 is 2.11 bits per heavy atom. The van der Waals surface area contributed by atoms with Gasteiger partial charge in [0, 0.05) is 24.5 Å². The molecule has 3 nitrogen and oxygen atoms in total. The van der Waals surface area contributed by atoms with Gasteiger partial charge in [-0.2, -0.15) is 0 Å². The minimum atomic E-state index is 0.0843. The molecule has 0 aliphatic rings. The number of hydrogen-bond acceptors (Lipinski definition) is 2. The lowest BCUT2D eigenvalue weighted by atomic mass is 9.84. The standard InChI is InChI=1S/C15H24N2O/c1-11(9-15(3,4)5)8-14(18)17-13-6-7-16-10-12(13)2/h6-7,10-11H,8-9H2,1-5H3,(H,16,17,18). The van der Waals surface area contributed by atoms with E-state index in [4.69, 9.17) is 0 Å². The molecule has 0 saturated heterocycles. The second-order valence-corrected chi connectivity index (χ2v) is 6.31. The van der Waals surface area contributed by atoms with E-state index in [1.54, 1.807) is 12.4 Å². The number of amides is 1. The molecule has 0 bridgehead atoms. The van der Waals surface area contributed by atoms with Crippen LogP contribution in [0.1, 0.15) is 46.1 Å². The van der Waals surface area contributed by atoms with E-state index in [0.29, 0.717) is 12.3 Å². The summed E-state index contributed by atoms with van der Waals surface area (Å²) in [6, 6.07) is 1.83. The molecule has 1 aromatic rings. The van der Waals surface area contributed by atoms with Crippen LogP contribution in [0.2, 0.25) is 0 Å². The molecule has 0 aromatic carbocycles. The zero-order valence-corrected chi connectivity index (χ0v) is 12.1. The average Bonchev–Trinajstić information content (AvgIpc) is 2.18. The van der Waals surface area contributed by atoms with Gasteiger partial charge in [-0.1, -0.05) is 27.7 Å². The third-order valence-corrected chi connectivity index (χ3v) is 2.79. The first-order chi connectivity index (χ1) is 8.28. The van der Waals surface area contributed by atoms with Crippen molar-refractivity contribution in [3.63, 3.8) is 0 Å². The van der Waals surface area contributed by atoms with Crippen LogP contribution in [0.4, 0.5) is 5.69 Å². The van der Waals surface area contributed by atoms with E-state index in [0.717, 1.165) is 17.7 Å². The maximum atomic E-state index is 11.9. The molecule has 100 valence electrons. The van der Waals surface area contributed by atoms with Crippen molar-refractivity contribution in [2.75, 3.05) is 5.32 Å². The third-order valence-electron chi connectivity index (χ3n) is 2.79. The summed E-state index contributed by atoms with van der Waals surface area (Å²) in [5.74, 6) is 0.480. The molecule has 3 heteroatoms. The molecule has 1 heterocycles. The van der Waals surface area contributed by atoms with Crippen molar-refractivity contribution in [2.24, 2.45) is 11.3 Å². The van der Waals surface area contributed by atoms with Crippen LogP contribution in [-0.2, 0) is 4.79 Å². The van der Waals surface area contributed by atoms with Crippen LogP contribution in [-0.4, -0.2) is 10.9 Å². The molecule has 18 heavy (non-hydrogen) atoms. The van der Waals surface area contributed by atoms with E-state index in [9.17, 15) is 4.79 Å². The van der Waals surface area contributed by atoms with E-state index in [1.165, 1.54) is 0 Å². The van der Waals surface area contributed by atoms with E-state index in [2.05, 4.69) is 38.0 Å². The Morgan fingerprint density at radius 1 is 1.44 bits per heavy atom. The van der Waals surface area contributed by atoms with Gasteiger partial charge in [-0.25, -0.2) is 0 Å². The third kappa shape index (κ3) is 5.30. The molecule has 0 aliphatic heterocycles. The van der Waals surface area contributed by atoms with Crippen molar-refractivity contribution >= 4 is 11.6 Å². The van der Waals surface area contributed by atoms with Gasteiger partial charge in [0.15, 0.2) is 0 Å². The predicted molar refractivity (Wildman–Crippen MR) is 75.5 cm³/mol. The summed E-state index contributed by atoms with van der Waals surface area (Å²) < 4.78 is 0. The van der Waals surface area contributed by atoms with Crippen molar-refractivity contribution in [3.8, 4) is 0 Å². The van der Waals surface area contributed by atoms with Gasteiger partial charge < -0.3 is 5.32 Å². The van der Waals surface area contributed by atoms with E-state index in [1.807, 2.05) is 13.0 Å². The number of aryl methyl sites for hydroxylation is 1. The number of carbonyl (C=O) groups excluding carboxylic acids is 1. The molecule has 0 spiro atoms. The monoisotopic (exact) mass is 248 g/mol. The minimum Gasteiger partial charge on any atom is -0.326 e. The van der Waals surface area contributed by atoms with Crippen LogP contribution in [0.25, 0.3) is 0 Å². The van der Waals surface area contributed by atoms with Crippen molar-refractivity contribution in [2.45, 2.75) is 47.5 Å². The molecule has 1 unspecified atom stereocenters. The van der Waals surface area contributed by atoms with Gasteiger partial charge in [0.05, 0.1) is 0 Å². The maximum absolute atomic E-state index is 11.9. The quantitative estimate of drug-likeness (QED) is 0.880. The summed E-state index contributed by atoms with van der Waals surface area (Å²) in [6.45, 7) is 10.7. The van der Waals surface area contributed by atoms with Crippen LogP contribution >= 0.6 is 0 Å². The molecule has 0 fully saturated rings. The molecule has 1 aromatic heterocycles. The lowest BCUT2D eigenvalue weighted by Gasteiger charge is -2.22. The number of anilines is 1. The van der Waals surface area contributed by atoms with Gasteiger partial charge in [0.1, 0.15) is 0 Å². The number of nitrogens with one attached hydrogen (secondary N) is 1. The minimum absolute atomic E-state index is 0.0843. The van der Waals surface area contributed by atoms with E-state index < -0.39 is 0 Å². The second-order valence-electron chi connectivity index (χ2n) is 6.31.